The standard InChI is InChI=1S/C23H29N3O3/c1-16-14-26(15-17(2)29-16)22(27)19-10-12-25(13-11-19)23(28)24-21-9-5-7-18-6-3-4-8-20(18)21/h3-9,16-17,19H,10-15H2,1-2H3,(H,24,28). The number of urea groups is 1. The summed E-state index contributed by atoms with van der Waals surface area (Å²) in [4.78, 5) is 29.4. The number of amides is 3. The number of carbonyl (C=O) groups is 2. The lowest BCUT2D eigenvalue weighted by atomic mass is 9.95. The van der Waals surface area contributed by atoms with Gasteiger partial charge < -0.3 is 19.9 Å². The minimum absolute atomic E-state index is 0.00546. The van der Waals surface area contributed by atoms with E-state index in [1.165, 1.54) is 0 Å². The molecule has 2 aromatic carbocycles. The minimum atomic E-state index is -0.0964. The topological polar surface area (TPSA) is 61.9 Å². The Morgan fingerprint density at radius 1 is 0.931 bits per heavy atom. The van der Waals surface area contributed by atoms with Crippen LogP contribution >= 0.6 is 0 Å². The number of nitrogens with one attached hydrogen (secondary N) is 1. The Balaban J connectivity index is 1.34. The molecule has 3 amide bonds. The van der Waals surface area contributed by atoms with Gasteiger partial charge in [0, 0.05) is 37.5 Å². The van der Waals surface area contributed by atoms with Gasteiger partial charge in [-0.2, -0.15) is 0 Å². The van der Waals surface area contributed by atoms with Gasteiger partial charge in [-0.1, -0.05) is 36.4 Å². The van der Waals surface area contributed by atoms with Crippen LogP contribution in [0.5, 0.6) is 0 Å². The Morgan fingerprint density at radius 2 is 1.59 bits per heavy atom. The number of nitrogens with zero attached hydrogens (tertiary/aromatic N) is 2. The van der Waals surface area contributed by atoms with Crippen LogP contribution in [0.25, 0.3) is 10.8 Å². The van der Waals surface area contributed by atoms with E-state index in [4.69, 9.17) is 4.74 Å². The molecule has 2 atom stereocenters. The number of benzene rings is 2. The van der Waals surface area contributed by atoms with Crippen LogP contribution in [0, 0.1) is 5.92 Å². The molecular weight excluding hydrogens is 366 g/mol. The zero-order valence-corrected chi connectivity index (χ0v) is 17.1. The van der Waals surface area contributed by atoms with Crippen molar-refractivity contribution in [2.24, 2.45) is 5.92 Å². The molecule has 2 aliphatic heterocycles. The second-order valence-corrected chi connectivity index (χ2v) is 8.22. The minimum Gasteiger partial charge on any atom is -0.372 e. The van der Waals surface area contributed by atoms with Crippen LogP contribution in [0.15, 0.2) is 42.5 Å². The molecule has 154 valence electrons. The SMILES string of the molecule is CC1CN(C(=O)C2CCN(C(=O)Nc3cccc4ccccc34)CC2)CC(C)O1. The number of morpholine rings is 1. The van der Waals surface area contributed by atoms with Crippen LogP contribution in [0.1, 0.15) is 26.7 Å². The molecule has 6 nitrogen and oxygen atoms in total. The number of likely N-dealkylation sites (tertiary alicyclic amines) is 1. The monoisotopic (exact) mass is 395 g/mol. The van der Waals surface area contributed by atoms with Crippen LogP contribution in [-0.2, 0) is 9.53 Å². The number of piperidine rings is 1. The molecule has 0 aromatic heterocycles. The predicted molar refractivity (Wildman–Crippen MR) is 114 cm³/mol. The lowest BCUT2D eigenvalue weighted by Crippen LogP contribution is -2.52. The number of anilines is 1. The third kappa shape index (κ3) is 4.37. The molecular formula is C23H29N3O3. The van der Waals surface area contributed by atoms with Crippen molar-refractivity contribution in [1.29, 1.82) is 0 Å². The first-order chi connectivity index (χ1) is 14.0. The Hall–Kier alpha value is -2.60. The van der Waals surface area contributed by atoms with E-state index in [9.17, 15) is 9.59 Å². The molecule has 0 radical (unpaired) electrons. The first kappa shape index (κ1) is 19.7. The molecule has 0 saturated carbocycles. The van der Waals surface area contributed by atoms with Crippen LogP contribution in [0.3, 0.4) is 0 Å². The van der Waals surface area contributed by atoms with Crippen molar-refractivity contribution in [2.75, 3.05) is 31.5 Å². The maximum atomic E-state index is 12.9. The summed E-state index contributed by atoms with van der Waals surface area (Å²) in [6.07, 6.45) is 1.58. The van der Waals surface area contributed by atoms with Gasteiger partial charge in [-0.25, -0.2) is 4.79 Å². The van der Waals surface area contributed by atoms with Crippen molar-refractivity contribution in [3.05, 3.63) is 42.5 Å². The van der Waals surface area contributed by atoms with E-state index in [2.05, 4.69) is 5.32 Å². The van der Waals surface area contributed by atoms with Crippen LogP contribution in [0.4, 0.5) is 10.5 Å². The Kier molecular flexibility index (Phi) is 5.72. The second-order valence-electron chi connectivity index (χ2n) is 8.22. The third-order valence-electron chi connectivity index (χ3n) is 5.89. The Labute approximate surface area is 171 Å². The molecule has 29 heavy (non-hydrogen) atoms. The lowest BCUT2D eigenvalue weighted by molar-refractivity contribution is -0.148. The fourth-order valence-electron chi connectivity index (χ4n) is 4.47. The van der Waals surface area contributed by atoms with E-state index in [0.29, 0.717) is 39.0 Å². The highest BCUT2D eigenvalue weighted by molar-refractivity contribution is 6.01. The first-order valence-electron chi connectivity index (χ1n) is 10.5. The first-order valence-corrected chi connectivity index (χ1v) is 10.5. The van der Waals surface area contributed by atoms with Crippen LogP contribution < -0.4 is 5.32 Å². The van der Waals surface area contributed by atoms with E-state index in [1.54, 1.807) is 0 Å². The second kappa shape index (κ2) is 8.41. The summed E-state index contributed by atoms with van der Waals surface area (Å²) < 4.78 is 5.73. The van der Waals surface area contributed by atoms with Crippen molar-refractivity contribution < 1.29 is 14.3 Å². The predicted octanol–water partition coefficient (Wildman–Crippen LogP) is 3.72. The summed E-state index contributed by atoms with van der Waals surface area (Å²) in [7, 11) is 0. The number of ether oxygens (including phenoxy) is 1. The molecule has 0 spiro atoms. The lowest BCUT2D eigenvalue weighted by Gasteiger charge is -2.39. The number of hydrogen-bond acceptors (Lipinski definition) is 3. The smallest absolute Gasteiger partial charge is 0.321 e. The molecule has 2 fully saturated rings. The molecule has 2 saturated heterocycles. The molecule has 2 heterocycles. The van der Waals surface area contributed by atoms with Gasteiger partial charge in [-0.3, -0.25) is 4.79 Å². The zero-order chi connectivity index (χ0) is 20.4. The normalized spacial score (nSPS) is 23.2. The highest BCUT2D eigenvalue weighted by Crippen LogP contribution is 2.25. The fraction of sp³-hybridized carbons (Fsp3) is 0.478. The molecule has 1 N–H and O–H groups in total. The van der Waals surface area contributed by atoms with E-state index < -0.39 is 0 Å². The molecule has 2 aromatic rings. The molecule has 2 unspecified atom stereocenters. The average molecular weight is 396 g/mol. The number of rotatable bonds is 2. The summed E-state index contributed by atoms with van der Waals surface area (Å²) in [6.45, 7) is 6.53. The average Bonchev–Trinajstić information content (AvgIpc) is 2.73. The van der Waals surface area contributed by atoms with Crippen molar-refractivity contribution in [2.45, 2.75) is 38.9 Å². The Morgan fingerprint density at radius 3 is 2.31 bits per heavy atom. The quantitative estimate of drug-likeness (QED) is 0.843. The third-order valence-corrected chi connectivity index (χ3v) is 5.89. The van der Waals surface area contributed by atoms with Gasteiger partial charge in [0.05, 0.1) is 17.9 Å². The molecule has 2 aliphatic rings. The van der Waals surface area contributed by atoms with Gasteiger partial charge in [-0.15, -0.1) is 0 Å². The molecule has 0 aliphatic carbocycles. The van der Waals surface area contributed by atoms with E-state index >= 15 is 0 Å². The van der Waals surface area contributed by atoms with Crippen LogP contribution in [-0.4, -0.2) is 60.1 Å². The highest BCUT2D eigenvalue weighted by Gasteiger charge is 2.33. The van der Waals surface area contributed by atoms with Gasteiger partial charge in [0.2, 0.25) is 5.91 Å². The molecule has 4 rings (SSSR count). The number of hydrogen-bond donors (Lipinski definition) is 1. The van der Waals surface area contributed by atoms with Crippen molar-refractivity contribution in [3.8, 4) is 0 Å². The fourth-order valence-corrected chi connectivity index (χ4v) is 4.47. The van der Waals surface area contributed by atoms with Gasteiger partial charge >= 0.3 is 6.03 Å². The summed E-state index contributed by atoms with van der Waals surface area (Å²) in [5.74, 6) is 0.204. The number of fused-ring (bicyclic) bond motifs is 1. The summed E-state index contributed by atoms with van der Waals surface area (Å²) in [6, 6.07) is 13.8. The van der Waals surface area contributed by atoms with Crippen molar-refractivity contribution in [3.63, 3.8) is 0 Å². The van der Waals surface area contributed by atoms with Gasteiger partial charge in [0.25, 0.3) is 0 Å². The maximum absolute atomic E-state index is 12.9. The van der Waals surface area contributed by atoms with Crippen molar-refractivity contribution >= 4 is 28.4 Å². The van der Waals surface area contributed by atoms with E-state index in [1.807, 2.05) is 66.1 Å². The van der Waals surface area contributed by atoms with Crippen LogP contribution in [0.2, 0.25) is 0 Å². The summed E-state index contributed by atoms with van der Waals surface area (Å²) in [5.41, 5.74) is 0.822. The van der Waals surface area contributed by atoms with Crippen molar-refractivity contribution in [1.82, 2.24) is 9.80 Å². The molecule has 6 heteroatoms. The Bertz CT molecular complexity index is 877. The van der Waals surface area contributed by atoms with Gasteiger partial charge in [0.1, 0.15) is 0 Å². The van der Waals surface area contributed by atoms with E-state index in [-0.39, 0.29) is 30.1 Å². The maximum Gasteiger partial charge on any atom is 0.321 e. The highest BCUT2D eigenvalue weighted by atomic mass is 16.5. The zero-order valence-electron chi connectivity index (χ0n) is 17.1. The summed E-state index contributed by atoms with van der Waals surface area (Å²) >= 11 is 0. The van der Waals surface area contributed by atoms with Gasteiger partial charge in [0.15, 0.2) is 0 Å². The van der Waals surface area contributed by atoms with Gasteiger partial charge in [-0.05, 0) is 38.1 Å². The number of carbonyl (C=O) groups excluding carboxylic acids is 2. The largest absolute Gasteiger partial charge is 0.372 e. The van der Waals surface area contributed by atoms with E-state index in [0.717, 1.165) is 16.5 Å². The molecule has 0 bridgehead atoms. The summed E-state index contributed by atoms with van der Waals surface area (Å²) in [5, 5.41) is 5.18.